The molecule has 5 heteroatoms. The standard InChI is InChI=1S/C11H15O4P/c1-3-4-10-14-16(12,13-2)15-11-8-6-5-7-9-11/h3,5-9H,1,4,10H2,2H3. The Morgan fingerprint density at radius 3 is 2.62 bits per heavy atom. The minimum Gasteiger partial charge on any atom is -0.404 e. The van der Waals surface area contributed by atoms with E-state index < -0.39 is 7.82 Å². The second-order valence-electron chi connectivity index (χ2n) is 2.94. The molecule has 4 nitrogen and oxygen atoms in total. The molecule has 0 radical (unpaired) electrons. The van der Waals surface area contributed by atoms with Crippen LogP contribution in [0, 0.1) is 0 Å². The van der Waals surface area contributed by atoms with E-state index >= 15 is 0 Å². The molecule has 0 aromatic heterocycles. The summed E-state index contributed by atoms with van der Waals surface area (Å²) in [5.41, 5.74) is 0. The van der Waals surface area contributed by atoms with Crippen LogP contribution in [0.2, 0.25) is 0 Å². The molecule has 0 saturated heterocycles. The predicted octanol–water partition coefficient (Wildman–Crippen LogP) is 3.41. The summed E-state index contributed by atoms with van der Waals surface area (Å²) in [7, 11) is -2.21. The minimum absolute atomic E-state index is 0.251. The van der Waals surface area contributed by atoms with E-state index in [2.05, 4.69) is 6.58 Å². The average molecular weight is 242 g/mol. The van der Waals surface area contributed by atoms with Crippen LogP contribution < -0.4 is 4.52 Å². The molecular formula is C11H15O4P. The molecule has 0 aliphatic heterocycles. The second-order valence-corrected chi connectivity index (χ2v) is 4.65. The van der Waals surface area contributed by atoms with Gasteiger partial charge in [-0.3, -0.25) is 9.05 Å². The molecule has 0 heterocycles. The molecule has 88 valence electrons. The molecule has 0 bridgehead atoms. The van der Waals surface area contributed by atoms with Crippen LogP contribution in [-0.2, 0) is 13.6 Å². The van der Waals surface area contributed by atoms with Gasteiger partial charge in [0.2, 0.25) is 0 Å². The lowest BCUT2D eigenvalue weighted by Crippen LogP contribution is -2.01. The smallest absolute Gasteiger partial charge is 0.404 e. The Bertz CT molecular complexity index is 364. The van der Waals surface area contributed by atoms with Crippen molar-refractivity contribution in [3.05, 3.63) is 43.0 Å². The van der Waals surface area contributed by atoms with E-state index in [1.54, 1.807) is 30.3 Å². The van der Waals surface area contributed by atoms with Gasteiger partial charge in [0.1, 0.15) is 5.75 Å². The van der Waals surface area contributed by atoms with Crippen molar-refractivity contribution in [2.45, 2.75) is 6.42 Å². The third-order valence-corrected chi connectivity index (χ3v) is 3.14. The molecule has 0 aliphatic carbocycles. The van der Waals surface area contributed by atoms with E-state index in [1.165, 1.54) is 7.11 Å². The van der Waals surface area contributed by atoms with E-state index in [4.69, 9.17) is 13.6 Å². The fourth-order valence-corrected chi connectivity index (χ4v) is 1.92. The molecule has 1 aromatic rings. The predicted molar refractivity (Wildman–Crippen MR) is 62.5 cm³/mol. The number of phosphoric ester groups is 1. The van der Waals surface area contributed by atoms with Crippen molar-refractivity contribution in [3.8, 4) is 5.75 Å². The van der Waals surface area contributed by atoms with Gasteiger partial charge in [-0.05, 0) is 18.6 Å². The molecule has 0 aliphatic rings. The number of phosphoric acid groups is 1. The minimum atomic E-state index is -3.50. The van der Waals surface area contributed by atoms with Gasteiger partial charge in [0.05, 0.1) is 6.61 Å². The lowest BCUT2D eigenvalue weighted by atomic mass is 10.3. The van der Waals surface area contributed by atoms with E-state index in [1.807, 2.05) is 6.07 Å². The van der Waals surface area contributed by atoms with Crippen molar-refractivity contribution < 1.29 is 18.1 Å². The molecule has 16 heavy (non-hydrogen) atoms. The Hall–Kier alpha value is -1.09. The summed E-state index contributed by atoms with van der Waals surface area (Å²) < 4.78 is 26.9. The van der Waals surface area contributed by atoms with Crippen molar-refractivity contribution in [1.82, 2.24) is 0 Å². The van der Waals surface area contributed by atoms with Crippen molar-refractivity contribution in [1.29, 1.82) is 0 Å². The van der Waals surface area contributed by atoms with Crippen molar-refractivity contribution in [2.75, 3.05) is 13.7 Å². The zero-order valence-electron chi connectivity index (χ0n) is 9.17. The quantitative estimate of drug-likeness (QED) is 0.417. The van der Waals surface area contributed by atoms with E-state index in [0.717, 1.165) is 0 Å². The van der Waals surface area contributed by atoms with Crippen LogP contribution in [0.25, 0.3) is 0 Å². The highest BCUT2D eigenvalue weighted by molar-refractivity contribution is 7.48. The highest BCUT2D eigenvalue weighted by atomic mass is 31.2. The molecule has 0 N–H and O–H groups in total. The highest BCUT2D eigenvalue weighted by Crippen LogP contribution is 2.48. The van der Waals surface area contributed by atoms with Crippen LogP contribution in [0.5, 0.6) is 5.75 Å². The van der Waals surface area contributed by atoms with E-state index in [0.29, 0.717) is 12.2 Å². The monoisotopic (exact) mass is 242 g/mol. The summed E-state index contributed by atoms with van der Waals surface area (Å²) in [5, 5.41) is 0. The van der Waals surface area contributed by atoms with Gasteiger partial charge in [-0.25, -0.2) is 4.57 Å². The second kappa shape index (κ2) is 6.48. The number of rotatable bonds is 7. The number of hydrogen-bond acceptors (Lipinski definition) is 4. The van der Waals surface area contributed by atoms with Crippen LogP contribution in [-0.4, -0.2) is 13.7 Å². The summed E-state index contributed by atoms with van der Waals surface area (Å²) >= 11 is 0. The molecule has 1 rings (SSSR count). The molecule has 0 saturated carbocycles. The summed E-state index contributed by atoms with van der Waals surface area (Å²) in [6, 6.07) is 8.76. The van der Waals surface area contributed by atoms with Crippen molar-refractivity contribution in [2.24, 2.45) is 0 Å². The zero-order chi connectivity index (χ0) is 11.9. The summed E-state index contributed by atoms with van der Waals surface area (Å²) in [6.45, 7) is 3.79. The van der Waals surface area contributed by atoms with Gasteiger partial charge in [-0.15, -0.1) is 6.58 Å². The first-order valence-corrected chi connectivity index (χ1v) is 6.32. The topological polar surface area (TPSA) is 44.8 Å². The fourth-order valence-electron chi connectivity index (χ4n) is 0.975. The first kappa shape index (κ1) is 13.0. The fraction of sp³-hybridized carbons (Fsp3) is 0.273. The first-order chi connectivity index (χ1) is 7.70. The van der Waals surface area contributed by atoms with Crippen molar-refractivity contribution in [3.63, 3.8) is 0 Å². The third kappa shape index (κ3) is 4.19. The highest BCUT2D eigenvalue weighted by Gasteiger charge is 2.26. The van der Waals surface area contributed by atoms with Gasteiger partial charge < -0.3 is 4.52 Å². The van der Waals surface area contributed by atoms with Crippen LogP contribution in [0.3, 0.4) is 0 Å². The molecular weight excluding hydrogens is 227 g/mol. The zero-order valence-corrected chi connectivity index (χ0v) is 10.1. The van der Waals surface area contributed by atoms with Crippen LogP contribution in [0.1, 0.15) is 6.42 Å². The van der Waals surface area contributed by atoms with Crippen LogP contribution >= 0.6 is 7.82 Å². The van der Waals surface area contributed by atoms with Gasteiger partial charge in [-0.1, -0.05) is 24.3 Å². The Labute approximate surface area is 95.5 Å². The molecule has 0 fully saturated rings. The van der Waals surface area contributed by atoms with E-state index in [9.17, 15) is 4.57 Å². The number of benzene rings is 1. The number of para-hydroxylation sites is 1. The van der Waals surface area contributed by atoms with Gasteiger partial charge in [-0.2, -0.15) is 0 Å². The molecule has 1 unspecified atom stereocenters. The summed E-state index contributed by atoms with van der Waals surface area (Å²) in [5.74, 6) is 0.450. The Morgan fingerprint density at radius 1 is 1.38 bits per heavy atom. The maximum Gasteiger partial charge on any atom is 0.529 e. The van der Waals surface area contributed by atoms with Gasteiger partial charge >= 0.3 is 7.82 Å². The SMILES string of the molecule is C=CCCOP(=O)(OC)Oc1ccccc1. The van der Waals surface area contributed by atoms with Crippen LogP contribution in [0.15, 0.2) is 43.0 Å². The van der Waals surface area contributed by atoms with Gasteiger partial charge in [0.15, 0.2) is 0 Å². The Balaban J connectivity index is 2.59. The van der Waals surface area contributed by atoms with Gasteiger partial charge in [0, 0.05) is 7.11 Å². The average Bonchev–Trinajstić information content (AvgIpc) is 2.31. The lowest BCUT2D eigenvalue weighted by Gasteiger charge is -2.15. The summed E-state index contributed by atoms with van der Waals surface area (Å²) in [6.07, 6.45) is 2.26. The molecule has 0 amide bonds. The van der Waals surface area contributed by atoms with E-state index in [-0.39, 0.29) is 6.61 Å². The van der Waals surface area contributed by atoms with Gasteiger partial charge in [0.25, 0.3) is 0 Å². The Morgan fingerprint density at radius 2 is 2.06 bits per heavy atom. The normalized spacial score (nSPS) is 14.1. The maximum absolute atomic E-state index is 11.9. The van der Waals surface area contributed by atoms with Crippen LogP contribution in [0.4, 0.5) is 0 Å². The molecule has 1 atom stereocenters. The Kier molecular flexibility index (Phi) is 5.26. The third-order valence-electron chi connectivity index (χ3n) is 1.76. The maximum atomic E-state index is 11.9. The molecule has 1 aromatic carbocycles. The van der Waals surface area contributed by atoms with Crippen molar-refractivity contribution >= 4 is 7.82 Å². The summed E-state index contributed by atoms with van der Waals surface area (Å²) in [4.78, 5) is 0. The number of hydrogen-bond donors (Lipinski definition) is 0. The lowest BCUT2D eigenvalue weighted by molar-refractivity contribution is 0.182. The first-order valence-electron chi connectivity index (χ1n) is 4.86. The molecule has 0 spiro atoms. The largest absolute Gasteiger partial charge is 0.529 e.